The van der Waals surface area contributed by atoms with Gasteiger partial charge in [-0.2, -0.15) is 0 Å². The van der Waals surface area contributed by atoms with Gasteiger partial charge in [0.25, 0.3) is 0 Å². The summed E-state index contributed by atoms with van der Waals surface area (Å²) in [6.07, 6.45) is 3.60. The molecule has 8 atom stereocenters. The topological polar surface area (TPSA) is 74.6 Å². The van der Waals surface area contributed by atoms with Crippen LogP contribution < -0.4 is 0 Å². The molecule has 0 spiro atoms. The lowest BCUT2D eigenvalue weighted by molar-refractivity contribution is -0.161. The van der Waals surface area contributed by atoms with E-state index in [-0.39, 0.29) is 30.6 Å². The minimum atomic E-state index is -1.85. The number of fused-ring (bicyclic) bond motifs is 5. The van der Waals surface area contributed by atoms with Crippen LogP contribution in [0.25, 0.3) is 0 Å². The number of allylic oxidation sites excluding steroid dienone is 3. The fourth-order valence-electron chi connectivity index (χ4n) is 6.90. The maximum atomic E-state index is 16.7. The fourth-order valence-corrected chi connectivity index (χ4v) is 6.90. The average molecular weight is 394 g/mol. The molecule has 0 aromatic carbocycles. The second-order valence-corrected chi connectivity index (χ2v) is 9.68. The Labute approximate surface area is 163 Å². The lowest BCUT2D eigenvalue weighted by Crippen LogP contribution is -2.63. The number of hydrogen-bond donors (Lipinski definition) is 2. The van der Waals surface area contributed by atoms with E-state index in [0.29, 0.717) is 6.42 Å². The smallest absolute Gasteiger partial charge is 0.190 e. The summed E-state index contributed by atoms with van der Waals surface area (Å²) in [7, 11) is 0. The van der Waals surface area contributed by atoms with Crippen LogP contribution in [0.15, 0.2) is 23.8 Å². The van der Waals surface area contributed by atoms with Crippen molar-refractivity contribution >= 4 is 11.6 Å². The Bertz CT molecular complexity index is 806. The number of ketones is 2. The molecule has 0 aromatic heterocycles. The summed E-state index contributed by atoms with van der Waals surface area (Å²) in [6.45, 7) is 4.35. The zero-order chi connectivity index (χ0) is 20.7. The van der Waals surface area contributed by atoms with Crippen LogP contribution in [-0.2, 0) is 9.59 Å². The number of aliphatic hydroxyl groups is 2. The normalized spacial score (nSPS) is 52.5. The van der Waals surface area contributed by atoms with Crippen molar-refractivity contribution in [3.63, 3.8) is 0 Å². The van der Waals surface area contributed by atoms with Crippen LogP contribution in [0.4, 0.5) is 8.78 Å². The van der Waals surface area contributed by atoms with Gasteiger partial charge in [0.05, 0.1) is 0 Å². The van der Waals surface area contributed by atoms with Gasteiger partial charge < -0.3 is 10.2 Å². The number of alkyl halides is 2. The lowest BCUT2D eigenvalue weighted by atomic mass is 9.47. The quantitative estimate of drug-likeness (QED) is 0.707. The molecule has 0 radical (unpaired) electrons. The number of carbonyl (C=O) groups is 2. The average Bonchev–Trinajstić information content (AvgIpc) is 2.86. The first-order chi connectivity index (χ1) is 13.0. The van der Waals surface area contributed by atoms with Crippen LogP contribution in [0.3, 0.4) is 0 Å². The van der Waals surface area contributed by atoms with Gasteiger partial charge >= 0.3 is 0 Å². The third-order valence-corrected chi connectivity index (χ3v) is 8.65. The highest BCUT2D eigenvalue weighted by molar-refractivity contribution is 5.92. The van der Waals surface area contributed by atoms with E-state index in [1.54, 1.807) is 26.8 Å². The van der Waals surface area contributed by atoms with Crippen molar-refractivity contribution in [2.75, 3.05) is 6.61 Å². The van der Waals surface area contributed by atoms with Crippen molar-refractivity contribution in [3.8, 4) is 0 Å². The molecule has 154 valence electrons. The van der Waals surface area contributed by atoms with E-state index in [2.05, 4.69) is 0 Å². The molecule has 2 saturated carbocycles. The van der Waals surface area contributed by atoms with E-state index in [1.165, 1.54) is 12.2 Å². The van der Waals surface area contributed by atoms with E-state index in [0.717, 1.165) is 0 Å². The molecule has 0 aromatic rings. The van der Waals surface area contributed by atoms with Gasteiger partial charge in [0.15, 0.2) is 11.6 Å². The van der Waals surface area contributed by atoms with E-state index in [9.17, 15) is 19.8 Å². The second kappa shape index (κ2) is 5.82. The molecule has 0 heterocycles. The Hall–Kier alpha value is -1.40. The molecule has 2 N–H and O–H groups in total. The number of carbonyl (C=O) groups excluding carboxylic acids is 2. The first-order valence-electron chi connectivity index (χ1n) is 10.1. The number of rotatable bonds is 2. The van der Waals surface area contributed by atoms with Crippen LogP contribution in [0, 0.1) is 28.6 Å². The molecule has 0 saturated heterocycles. The Balaban J connectivity index is 1.87. The van der Waals surface area contributed by atoms with E-state index < -0.39 is 58.4 Å². The minimum absolute atomic E-state index is 0.0775. The first-order valence-corrected chi connectivity index (χ1v) is 10.1. The minimum Gasteiger partial charge on any atom is -0.388 e. The number of hydrogen-bond acceptors (Lipinski definition) is 4. The van der Waals surface area contributed by atoms with Crippen molar-refractivity contribution in [3.05, 3.63) is 23.8 Å². The van der Waals surface area contributed by atoms with Crippen molar-refractivity contribution in [2.24, 2.45) is 28.6 Å². The number of aliphatic hydroxyl groups excluding tert-OH is 1. The molecule has 4 rings (SSSR count). The van der Waals surface area contributed by atoms with Crippen LogP contribution in [-0.4, -0.2) is 45.8 Å². The van der Waals surface area contributed by atoms with E-state index >= 15 is 8.78 Å². The molecule has 0 aliphatic heterocycles. The van der Waals surface area contributed by atoms with Crippen LogP contribution >= 0.6 is 0 Å². The summed E-state index contributed by atoms with van der Waals surface area (Å²) >= 11 is 0. The monoisotopic (exact) mass is 394 g/mol. The predicted octanol–water partition coefficient (Wildman–Crippen LogP) is 2.87. The van der Waals surface area contributed by atoms with E-state index in [1.807, 2.05) is 0 Å². The molecule has 0 bridgehead atoms. The van der Waals surface area contributed by atoms with Crippen molar-refractivity contribution in [2.45, 2.75) is 63.9 Å². The number of halogens is 2. The summed E-state index contributed by atoms with van der Waals surface area (Å²) in [5.74, 6) is -2.48. The maximum Gasteiger partial charge on any atom is 0.190 e. The van der Waals surface area contributed by atoms with Crippen LogP contribution in [0.5, 0.6) is 0 Å². The van der Waals surface area contributed by atoms with Crippen LogP contribution in [0.1, 0.15) is 46.5 Å². The molecule has 4 nitrogen and oxygen atoms in total. The standard InChI is InChI=1S/C22H28F2O4/c1-12-8-14-15-10-17(23)16-9-13(26)4-5-19(16,2)21(15,24)7-6-20(14,3)22(12,28)18(27)11-25/h6-7,9,12,14-15,17,25,28H,4-5,8,10-11H2,1-3H3/t12?,14-,15-,17?,19-,20-,21+,22-/m0/s1. The van der Waals surface area contributed by atoms with Gasteiger partial charge in [0.1, 0.15) is 24.0 Å². The lowest BCUT2D eigenvalue weighted by Gasteiger charge is -2.59. The van der Waals surface area contributed by atoms with Gasteiger partial charge in [-0.1, -0.05) is 26.8 Å². The summed E-state index contributed by atoms with van der Waals surface area (Å²) in [5.41, 5.74) is -5.61. The van der Waals surface area contributed by atoms with E-state index in [4.69, 9.17) is 0 Å². The summed E-state index contributed by atoms with van der Waals surface area (Å²) < 4.78 is 31.9. The Morgan fingerprint density at radius 3 is 2.57 bits per heavy atom. The summed E-state index contributed by atoms with van der Waals surface area (Å²) in [4.78, 5) is 24.4. The molecular weight excluding hydrogens is 366 g/mol. The van der Waals surface area contributed by atoms with Gasteiger partial charge in [-0.15, -0.1) is 0 Å². The van der Waals surface area contributed by atoms with Crippen molar-refractivity contribution in [1.29, 1.82) is 0 Å². The SMILES string of the molecule is CC1C[C@H]2[C@@H]3CC(F)C4=CC(=O)CC[C@]4(C)[C@@]3(F)C=C[C@]2(C)[C@@]1(O)C(=O)CO. The summed E-state index contributed by atoms with van der Waals surface area (Å²) in [5, 5.41) is 20.7. The highest BCUT2D eigenvalue weighted by Gasteiger charge is 2.72. The third kappa shape index (κ3) is 2.06. The van der Waals surface area contributed by atoms with Crippen LogP contribution in [0.2, 0.25) is 0 Å². The fraction of sp³-hybridized carbons (Fsp3) is 0.727. The predicted molar refractivity (Wildman–Crippen MR) is 98.8 cm³/mol. The van der Waals surface area contributed by atoms with Gasteiger partial charge in [-0.3, -0.25) is 9.59 Å². The molecule has 28 heavy (non-hydrogen) atoms. The first kappa shape index (κ1) is 19.9. The van der Waals surface area contributed by atoms with Crippen molar-refractivity contribution in [1.82, 2.24) is 0 Å². The summed E-state index contributed by atoms with van der Waals surface area (Å²) in [6, 6.07) is 0. The molecule has 6 heteroatoms. The Morgan fingerprint density at radius 1 is 1.25 bits per heavy atom. The third-order valence-electron chi connectivity index (χ3n) is 8.65. The van der Waals surface area contributed by atoms with Gasteiger partial charge in [-0.05, 0) is 48.8 Å². The van der Waals surface area contributed by atoms with Crippen molar-refractivity contribution < 1.29 is 28.6 Å². The van der Waals surface area contributed by atoms with Gasteiger partial charge in [0.2, 0.25) is 0 Å². The highest BCUT2D eigenvalue weighted by atomic mass is 19.1. The molecule has 0 amide bonds. The molecule has 4 aliphatic carbocycles. The largest absolute Gasteiger partial charge is 0.388 e. The Morgan fingerprint density at radius 2 is 1.93 bits per heavy atom. The maximum absolute atomic E-state index is 16.7. The zero-order valence-electron chi connectivity index (χ0n) is 16.5. The zero-order valence-corrected chi connectivity index (χ0v) is 16.5. The molecule has 2 unspecified atom stereocenters. The van der Waals surface area contributed by atoms with Gasteiger partial charge in [0, 0.05) is 23.2 Å². The van der Waals surface area contributed by atoms with Gasteiger partial charge in [-0.25, -0.2) is 8.78 Å². The molecular formula is C22H28F2O4. The number of Topliss-reactive ketones (excluding diaryl/α,β-unsaturated/α-hetero) is 1. The second-order valence-electron chi connectivity index (χ2n) is 9.68. The highest BCUT2D eigenvalue weighted by Crippen LogP contribution is 2.69. The molecule has 2 fully saturated rings. The molecule has 4 aliphatic rings. The Kier molecular flexibility index (Phi) is 4.13.